The predicted octanol–water partition coefficient (Wildman–Crippen LogP) is 4.32. The smallest absolute Gasteiger partial charge is 0.226 e. The van der Waals surface area contributed by atoms with Crippen LogP contribution in [0.15, 0.2) is 46.9 Å². The van der Waals surface area contributed by atoms with Gasteiger partial charge in [0.2, 0.25) is 5.91 Å². The second-order valence-electron chi connectivity index (χ2n) is 6.10. The topological polar surface area (TPSA) is 55.1 Å². The van der Waals surface area contributed by atoms with Crippen LogP contribution in [0.25, 0.3) is 11.1 Å². The van der Waals surface area contributed by atoms with Gasteiger partial charge in [0.05, 0.1) is 0 Å². The van der Waals surface area contributed by atoms with Crippen LogP contribution in [-0.4, -0.2) is 10.9 Å². The van der Waals surface area contributed by atoms with Crippen molar-refractivity contribution in [2.45, 2.75) is 27.2 Å². The molecule has 1 N–H and O–H groups in total. The van der Waals surface area contributed by atoms with Gasteiger partial charge in [0.15, 0.2) is 11.5 Å². The van der Waals surface area contributed by atoms with E-state index in [-0.39, 0.29) is 11.8 Å². The SMILES string of the molecule is Cc1ccc2nc(Cc3cccc(NC(=O)C(C)C)c3)oc2c1. The molecule has 0 fully saturated rings. The molecule has 0 unspecified atom stereocenters. The Kier molecular flexibility index (Phi) is 4.15. The van der Waals surface area contributed by atoms with E-state index in [4.69, 9.17) is 4.42 Å². The Hall–Kier alpha value is -2.62. The largest absolute Gasteiger partial charge is 0.440 e. The van der Waals surface area contributed by atoms with Crippen LogP contribution in [0.3, 0.4) is 0 Å². The molecule has 3 rings (SSSR count). The van der Waals surface area contributed by atoms with Crippen molar-refractivity contribution in [3.05, 3.63) is 59.5 Å². The minimum Gasteiger partial charge on any atom is -0.440 e. The number of rotatable bonds is 4. The van der Waals surface area contributed by atoms with Crippen molar-refractivity contribution in [1.82, 2.24) is 4.98 Å². The number of benzene rings is 2. The van der Waals surface area contributed by atoms with Crippen LogP contribution in [0.2, 0.25) is 0 Å². The van der Waals surface area contributed by atoms with Crippen molar-refractivity contribution in [1.29, 1.82) is 0 Å². The molecular weight excluding hydrogens is 288 g/mol. The summed E-state index contributed by atoms with van der Waals surface area (Å²) in [5, 5.41) is 2.91. The van der Waals surface area contributed by atoms with Gasteiger partial charge in [-0.05, 0) is 42.3 Å². The van der Waals surface area contributed by atoms with Gasteiger partial charge >= 0.3 is 0 Å². The Morgan fingerprint density at radius 3 is 2.83 bits per heavy atom. The van der Waals surface area contributed by atoms with Crippen molar-refractivity contribution >= 4 is 22.7 Å². The highest BCUT2D eigenvalue weighted by molar-refractivity contribution is 5.92. The number of carbonyl (C=O) groups excluding carboxylic acids is 1. The number of nitrogens with zero attached hydrogens (tertiary/aromatic N) is 1. The number of oxazole rings is 1. The molecule has 3 aromatic rings. The fourth-order valence-electron chi connectivity index (χ4n) is 2.38. The summed E-state index contributed by atoms with van der Waals surface area (Å²) in [4.78, 5) is 16.3. The molecule has 0 aliphatic heterocycles. The lowest BCUT2D eigenvalue weighted by atomic mass is 10.1. The first-order valence-electron chi connectivity index (χ1n) is 7.77. The zero-order valence-electron chi connectivity index (χ0n) is 13.6. The van der Waals surface area contributed by atoms with Crippen LogP contribution in [0.5, 0.6) is 0 Å². The Morgan fingerprint density at radius 2 is 2.04 bits per heavy atom. The predicted molar refractivity (Wildman–Crippen MR) is 91.5 cm³/mol. The second-order valence-corrected chi connectivity index (χ2v) is 6.10. The number of amides is 1. The average molecular weight is 308 g/mol. The second kappa shape index (κ2) is 6.24. The van der Waals surface area contributed by atoms with E-state index < -0.39 is 0 Å². The van der Waals surface area contributed by atoms with Crippen molar-refractivity contribution in [2.75, 3.05) is 5.32 Å². The highest BCUT2D eigenvalue weighted by atomic mass is 16.3. The van der Waals surface area contributed by atoms with Gasteiger partial charge in [0.1, 0.15) is 5.52 Å². The summed E-state index contributed by atoms with van der Waals surface area (Å²) < 4.78 is 5.81. The van der Waals surface area contributed by atoms with Crippen LogP contribution < -0.4 is 5.32 Å². The van der Waals surface area contributed by atoms with E-state index in [1.807, 2.05) is 63.2 Å². The molecule has 4 heteroatoms. The number of aromatic nitrogens is 1. The van der Waals surface area contributed by atoms with Gasteiger partial charge in [-0.25, -0.2) is 4.98 Å². The van der Waals surface area contributed by atoms with E-state index in [1.54, 1.807) is 0 Å². The molecule has 4 nitrogen and oxygen atoms in total. The molecule has 23 heavy (non-hydrogen) atoms. The highest BCUT2D eigenvalue weighted by Gasteiger charge is 2.09. The Morgan fingerprint density at radius 1 is 1.22 bits per heavy atom. The maximum absolute atomic E-state index is 11.8. The lowest BCUT2D eigenvalue weighted by Gasteiger charge is -2.08. The molecule has 2 aromatic carbocycles. The number of aryl methyl sites for hydroxylation is 1. The van der Waals surface area contributed by atoms with Gasteiger partial charge in [-0.3, -0.25) is 4.79 Å². The number of anilines is 1. The van der Waals surface area contributed by atoms with E-state index in [0.717, 1.165) is 27.9 Å². The summed E-state index contributed by atoms with van der Waals surface area (Å²) in [6.45, 7) is 5.78. The molecule has 1 amide bonds. The van der Waals surface area contributed by atoms with Crippen LogP contribution in [0.1, 0.15) is 30.9 Å². The van der Waals surface area contributed by atoms with Crippen molar-refractivity contribution in [3.8, 4) is 0 Å². The molecule has 118 valence electrons. The molecule has 0 atom stereocenters. The summed E-state index contributed by atoms with van der Waals surface area (Å²) in [6, 6.07) is 13.8. The van der Waals surface area contributed by atoms with E-state index in [0.29, 0.717) is 12.3 Å². The first-order chi connectivity index (χ1) is 11.0. The monoisotopic (exact) mass is 308 g/mol. The quantitative estimate of drug-likeness (QED) is 0.781. The third kappa shape index (κ3) is 3.59. The zero-order valence-corrected chi connectivity index (χ0v) is 13.6. The first kappa shape index (κ1) is 15.3. The molecule has 0 saturated heterocycles. The maximum atomic E-state index is 11.8. The van der Waals surface area contributed by atoms with Crippen molar-refractivity contribution in [2.24, 2.45) is 5.92 Å². The lowest BCUT2D eigenvalue weighted by Crippen LogP contribution is -2.17. The summed E-state index contributed by atoms with van der Waals surface area (Å²) >= 11 is 0. The minimum absolute atomic E-state index is 0.0134. The van der Waals surface area contributed by atoms with Gasteiger partial charge in [-0.1, -0.05) is 32.0 Å². The molecule has 1 heterocycles. The third-order valence-electron chi connectivity index (χ3n) is 3.66. The van der Waals surface area contributed by atoms with Gasteiger partial charge in [0.25, 0.3) is 0 Å². The Labute approximate surface area is 135 Å². The fraction of sp³-hybridized carbons (Fsp3) is 0.263. The lowest BCUT2D eigenvalue weighted by molar-refractivity contribution is -0.118. The van der Waals surface area contributed by atoms with Crippen LogP contribution in [-0.2, 0) is 11.2 Å². The molecule has 0 spiro atoms. The Balaban J connectivity index is 1.80. The molecule has 0 aliphatic rings. The minimum atomic E-state index is -0.0427. The van der Waals surface area contributed by atoms with Gasteiger partial charge in [0, 0.05) is 18.0 Å². The first-order valence-corrected chi connectivity index (χ1v) is 7.77. The number of nitrogens with one attached hydrogen (secondary N) is 1. The van der Waals surface area contributed by atoms with E-state index in [2.05, 4.69) is 10.3 Å². The molecule has 1 aromatic heterocycles. The zero-order chi connectivity index (χ0) is 16.4. The molecule has 0 saturated carbocycles. The fourth-order valence-corrected chi connectivity index (χ4v) is 2.38. The molecular formula is C19H20N2O2. The summed E-state index contributed by atoms with van der Waals surface area (Å²) in [7, 11) is 0. The van der Waals surface area contributed by atoms with Crippen LogP contribution in [0.4, 0.5) is 5.69 Å². The van der Waals surface area contributed by atoms with E-state index >= 15 is 0 Å². The molecule has 0 bridgehead atoms. The number of hydrogen-bond donors (Lipinski definition) is 1. The van der Waals surface area contributed by atoms with E-state index in [1.165, 1.54) is 0 Å². The third-order valence-corrected chi connectivity index (χ3v) is 3.66. The van der Waals surface area contributed by atoms with Crippen LogP contribution >= 0.6 is 0 Å². The number of hydrogen-bond acceptors (Lipinski definition) is 3. The summed E-state index contributed by atoms with van der Waals surface area (Å²) in [5.41, 5.74) is 4.68. The van der Waals surface area contributed by atoms with Gasteiger partial charge < -0.3 is 9.73 Å². The number of fused-ring (bicyclic) bond motifs is 1. The van der Waals surface area contributed by atoms with Crippen molar-refractivity contribution in [3.63, 3.8) is 0 Å². The average Bonchev–Trinajstić information content (AvgIpc) is 2.88. The maximum Gasteiger partial charge on any atom is 0.226 e. The van der Waals surface area contributed by atoms with E-state index in [9.17, 15) is 4.79 Å². The van der Waals surface area contributed by atoms with Gasteiger partial charge in [-0.2, -0.15) is 0 Å². The molecule has 0 aliphatic carbocycles. The molecule has 0 radical (unpaired) electrons. The normalized spacial score (nSPS) is 11.1. The standard InChI is InChI=1S/C19H20N2O2/c1-12(2)19(22)20-15-6-4-5-14(10-15)11-18-21-16-8-7-13(3)9-17(16)23-18/h4-10,12H,11H2,1-3H3,(H,20,22). The highest BCUT2D eigenvalue weighted by Crippen LogP contribution is 2.20. The Bertz CT molecular complexity index is 849. The summed E-state index contributed by atoms with van der Waals surface area (Å²) in [6.07, 6.45) is 0.596. The van der Waals surface area contributed by atoms with Crippen molar-refractivity contribution < 1.29 is 9.21 Å². The summed E-state index contributed by atoms with van der Waals surface area (Å²) in [5.74, 6) is 0.649. The van der Waals surface area contributed by atoms with Gasteiger partial charge in [-0.15, -0.1) is 0 Å². The van der Waals surface area contributed by atoms with Crippen LogP contribution in [0, 0.1) is 12.8 Å². The number of carbonyl (C=O) groups is 1.